The lowest BCUT2D eigenvalue weighted by atomic mass is 9.96. The van der Waals surface area contributed by atoms with E-state index in [9.17, 15) is 40.9 Å². The summed E-state index contributed by atoms with van der Waals surface area (Å²) in [7, 11) is 0. The van der Waals surface area contributed by atoms with E-state index in [0.717, 1.165) is 0 Å². The predicted molar refractivity (Wildman–Crippen MR) is 155 cm³/mol. The van der Waals surface area contributed by atoms with Crippen LogP contribution in [0, 0.1) is 0 Å². The molecule has 0 bridgehead atoms. The monoisotopic (exact) mass is 694 g/mol. The van der Waals surface area contributed by atoms with Crippen LogP contribution in [-0.4, -0.2) is 221 Å². The third kappa shape index (κ3) is 14.2. The van der Waals surface area contributed by atoms with Crippen molar-refractivity contribution in [1.29, 1.82) is 0 Å². The number of ether oxygens (including phenoxy) is 11. The lowest BCUT2D eigenvalue weighted by molar-refractivity contribution is -0.375. The maximum Gasteiger partial charge on any atom is 0.187 e. The third-order valence-corrected chi connectivity index (χ3v) is 6.89. The zero-order valence-electron chi connectivity index (χ0n) is 26.6. The minimum absolute atomic E-state index is 0.0262. The molecular weight excluding hydrogens is 640 g/mol. The molecule has 19 nitrogen and oxygen atoms in total. The van der Waals surface area contributed by atoms with E-state index >= 15 is 0 Å². The highest BCUT2D eigenvalue weighted by Crippen LogP contribution is 2.35. The van der Waals surface area contributed by atoms with Crippen molar-refractivity contribution in [2.45, 2.75) is 61.4 Å². The zero-order chi connectivity index (χ0) is 34.3. The average Bonchev–Trinajstić information content (AvgIpc) is 3.08. The van der Waals surface area contributed by atoms with Crippen LogP contribution in [0.5, 0.6) is 0 Å². The number of rotatable bonds is 28. The first-order valence-corrected chi connectivity index (χ1v) is 15.7. The zero-order valence-corrected chi connectivity index (χ0v) is 26.6. The second kappa shape index (κ2) is 26.1. The van der Waals surface area contributed by atoms with Crippen LogP contribution in [0.3, 0.4) is 0 Å². The van der Waals surface area contributed by atoms with Crippen LogP contribution in [-0.2, 0) is 52.1 Å². The molecule has 0 amide bonds. The van der Waals surface area contributed by atoms with Crippen LogP contribution in [0.1, 0.15) is 0 Å². The Bertz CT molecular complexity index is 740. The van der Waals surface area contributed by atoms with Crippen LogP contribution in [0.25, 0.3) is 0 Å². The Morgan fingerprint density at radius 2 is 0.681 bits per heavy atom. The minimum atomic E-state index is -1.33. The van der Waals surface area contributed by atoms with Gasteiger partial charge in [-0.25, -0.2) is 0 Å². The Kier molecular flexibility index (Phi) is 23.6. The van der Waals surface area contributed by atoms with Crippen molar-refractivity contribution in [3.63, 3.8) is 0 Å². The Labute approximate surface area is 273 Å². The standard InChI is InChI=1S/C28H54O19/c29-1-9-37-17-19-21(39-11-3-31)23(40-12-4-32)26(43-15-7-35)28(46-19)47-22-20(18-38-10-2-30)45-27(44-16-8-36)25(42-14-6-34)24(22)41-13-5-33/h19-36H,1-18H2. The number of aliphatic hydroxyl groups excluding tert-OH is 8. The molecule has 0 saturated carbocycles. The molecule has 0 radical (unpaired) electrons. The van der Waals surface area contributed by atoms with Crippen molar-refractivity contribution in [3.05, 3.63) is 0 Å². The number of hydrogen-bond donors (Lipinski definition) is 8. The molecule has 2 saturated heterocycles. The Morgan fingerprint density at radius 1 is 0.340 bits per heavy atom. The Hall–Kier alpha value is -0.760. The molecule has 2 fully saturated rings. The fraction of sp³-hybridized carbons (Fsp3) is 1.00. The van der Waals surface area contributed by atoms with Crippen LogP contribution < -0.4 is 0 Å². The van der Waals surface area contributed by atoms with Gasteiger partial charge in [0.1, 0.15) is 48.8 Å². The summed E-state index contributed by atoms with van der Waals surface area (Å²) in [4.78, 5) is 0. The maximum absolute atomic E-state index is 9.64. The van der Waals surface area contributed by atoms with Crippen molar-refractivity contribution in [3.8, 4) is 0 Å². The molecule has 0 aliphatic carbocycles. The smallest absolute Gasteiger partial charge is 0.187 e. The highest BCUT2D eigenvalue weighted by molar-refractivity contribution is 4.97. The van der Waals surface area contributed by atoms with Gasteiger partial charge < -0.3 is 93.0 Å². The van der Waals surface area contributed by atoms with Gasteiger partial charge in [0.15, 0.2) is 12.6 Å². The van der Waals surface area contributed by atoms with Crippen LogP contribution >= 0.6 is 0 Å². The molecule has 0 aromatic carbocycles. The quantitative estimate of drug-likeness (QED) is 0.0356. The minimum Gasteiger partial charge on any atom is -0.394 e. The molecule has 2 heterocycles. The van der Waals surface area contributed by atoms with Gasteiger partial charge in [0, 0.05) is 0 Å². The largest absolute Gasteiger partial charge is 0.394 e. The van der Waals surface area contributed by atoms with Crippen molar-refractivity contribution in [2.75, 3.05) is 119 Å². The molecule has 0 aromatic heterocycles. The van der Waals surface area contributed by atoms with Crippen LogP contribution in [0.4, 0.5) is 0 Å². The Balaban J connectivity index is 2.57. The summed E-state index contributed by atoms with van der Waals surface area (Å²) in [6, 6.07) is 0. The van der Waals surface area contributed by atoms with E-state index in [4.69, 9.17) is 52.1 Å². The average molecular weight is 695 g/mol. The third-order valence-electron chi connectivity index (χ3n) is 6.89. The van der Waals surface area contributed by atoms with Gasteiger partial charge in [-0.15, -0.1) is 0 Å². The van der Waals surface area contributed by atoms with Crippen molar-refractivity contribution in [1.82, 2.24) is 0 Å². The fourth-order valence-corrected chi connectivity index (χ4v) is 5.16. The van der Waals surface area contributed by atoms with Gasteiger partial charge in [0.25, 0.3) is 0 Å². The molecule has 10 unspecified atom stereocenters. The molecule has 19 heteroatoms. The van der Waals surface area contributed by atoms with E-state index in [0.29, 0.717) is 0 Å². The molecule has 47 heavy (non-hydrogen) atoms. The van der Waals surface area contributed by atoms with E-state index in [1.807, 2.05) is 0 Å². The second-order valence-corrected chi connectivity index (χ2v) is 10.2. The van der Waals surface area contributed by atoms with Gasteiger partial charge in [-0.1, -0.05) is 0 Å². The molecule has 2 rings (SSSR count). The summed E-state index contributed by atoms with van der Waals surface area (Å²) in [5, 5.41) is 75.9. The molecule has 2 aliphatic rings. The summed E-state index contributed by atoms with van der Waals surface area (Å²) in [5.41, 5.74) is 0. The molecular formula is C28H54O19. The van der Waals surface area contributed by atoms with Gasteiger partial charge in [-0.05, 0) is 0 Å². The molecule has 10 atom stereocenters. The van der Waals surface area contributed by atoms with Gasteiger partial charge in [0.05, 0.1) is 119 Å². The molecule has 280 valence electrons. The fourth-order valence-electron chi connectivity index (χ4n) is 5.16. The van der Waals surface area contributed by atoms with Gasteiger partial charge in [-0.2, -0.15) is 0 Å². The van der Waals surface area contributed by atoms with E-state index in [1.165, 1.54) is 0 Å². The lowest BCUT2D eigenvalue weighted by Crippen LogP contribution is -2.67. The first kappa shape index (κ1) is 42.4. The topological polar surface area (TPSA) is 263 Å². The molecule has 2 aliphatic heterocycles. The maximum atomic E-state index is 9.64. The van der Waals surface area contributed by atoms with E-state index in [-0.39, 0.29) is 119 Å². The highest BCUT2D eigenvalue weighted by atomic mass is 16.8. The highest BCUT2D eigenvalue weighted by Gasteiger charge is 2.54. The number of hydrogen-bond acceptors (Lipinski definition) is 19. The number of aliphatic hydroxyl groups is 8. The first-order chi connectivity index (χ1) is 23.0. The van der Waals surface area contributed by atoms with Crippen molar-refractivity contribution >= 4 is 0 Å². The van der Waals surface area contributed by atoms with E-state index in [1.54, 1.807) is 0 Å². The summed E-state index contributed by atoms with van der Waals surface area (Å²) >= 11 is 0. The SMILES string of the molecule is OCCOCC1OC(OC2C(COCCO)OC(OCCO)C(OCCO)C2OCCO)C(OCCO)C(OCCO)C1OCCO. The lowest BCUT2D eigenvalue weighted by Gasteiger charge is -2.50. The summed E-state index contributed by atoms with van der Waals surface area (Å²) in [5.74, 6) is 0. The van der Waals surface area contributed by atoms with Crippen molar-refractivity contribution in [2.24, 2.45) is 0 Å². The van der Waals surface area contributed by atoms with Gasteiger partial charge in [-0.3, -0.25) is 0 Å². The van der Waals surface area contributed by atoms with Crippen LogP contribution in [0.2, 0.25) is 0 Å². The molecule has 0 spiro atoms. The predicted octanol–water partition coefficient (Wildman–Crippen LogP) is -5.26. The van der Waals surface area contributed by atoms with Crippen LogP contribution in [0.15, 0.2) is 0 Å². The second-order valence-electron chi connectivity index (χ2n) is 10.2. The Morgan fingerprint density at radius 3 is 1.15 bits per heavy atom. The summed E-state index contributed by atoms with van der Waals surface area (Å²) < 4.78 is 65.6. The van der Waals surface area contributed by atoms with Gasteiger partial charge in [0.2, 0.25) is 0 Å². The van der Waals surface area contributed by atoms with E-state index in [2.05, 4.69) is 0 Å². The summed E-state index contributed by atoms with van der Waals surface area (Å²) in [6.45, 7) is -3.94. The van der Waals surface area contributed by atoms with Gasteiger partial charge >= 0.3 is 0 Å². The van der Waals surface area contributed by atoms with E-state index < -0.39 is 61.4 Å². The molecule has 0 aromatic rings. The molecule has 8 N–H and O–H groups in total. The van der Waals surface area contributed by atoms with Crippen molar-refractivity contribution < 1.29 is 93.0 Å². The normalized spacial score (nSPS) is 31.4. The first-order valence-electron chi connectivity index (χ1n) is 15.7. The summed E-state index contributed by atoms with van der Waals surface area (Å²) in [6.07, 6.45) is -10.7.